The van der Waals surface area contributed by atoms with Crippen LogP contribution in [0.1, 0.15) is 19.3 Å². The van der Waals surface area contributed by atoms with Gasteiger partial charge >= 0.3 is 5.97 Å². The number of nitriles is 1. The monoisotopic (exact) mass is 228 g/mol. The zero-order valence-corrected chi connectivity index (χ0v) is 8.73. The molecule has 0 aromatic rings. The normalized spacial score (nSPS) is 21.5. The summed E-state index contributed by atoms with van der Waals surface area (Å²) in [5.41, 5.74) is 0. The Kier molecular flexibility index (Phi) is 4.23. The topological polar surface area (TPSA) is 81.4 Å². The Balaban J connectivity index is 2.60. The van der Waals surface area contributed by atoms with Gasteiger partial charge in [0.2, 0.25) is 5.91 Å². The van der Waals surface area contributed by atoms with Crippen LogP contribution in [0.5, 0.6) is 0 Å². The first-order chi connectivity index (χ1) is 7.60. The van der Waals surface area contributed by atoms with Crippen molar-refractivity contribution in [3.05, 3.63) is 0 Å². The molecule has 6 heteroatoms. The van der Waals surface area contributed by atoms with Crippen LogP contribution in [0.25, 0.3) is 0 Å². The van der Waals surface area contributed by atoms with E-state index in [2.05, 4.69) is 0 Å². The van der Waals surface area contributed by atoms with Crippen molar-refractivity contribution < 1.29 is 19.1 Å². The molecule has 2 atom stereocenters. The van der Waals surface area contributed by atoms with Crippen molar-refractivity contribution >= 4 is 11.9 Å². The van der Waals surface area contributed by atoms with Crippen molar-refractivity contribution in [3.8, 4) is 6.07 Å². The van der Waals surface area contributed by atoms with Gasteiger partial charge in [0.25, 0.3) is 0 Å². The van der Waals surface area contributed by atoms with E-state index in [0.29, 0.717) is 19.4 Å². The van der Waals surface area contributed by atoms with Crippen molar-refractivity contribution in [3.63, 3.8) is 0 Å². The van der Waals surface area contributed by atoms with Gasteiger partial charge in [0.1, 0.15) is 12.7 Å². The van der Waals surface area contributed by atoms with E-state index in [0.717, 1.165) is 0 Å². The SMILES string of the molecule is N#CC(CF)CC(=O)N1CCC[C@H]1C(=O)O. The molecule has 0 radical (unpaired) electrons. The highest BCUT2D eigenvalue weighted by atomic mass is 19.1. The molecule has 0 saturated carbocycles. The Morgan fingerprint density at radius 2 is 2.31 bits per heavy atom. The highest BCUT2D eigenvalue weighted by molar-refractivity contribution is 5.84. The van der Waals surface area contributed by atoms with Gasteiger partial charge in [-0.25, -0.2) is 9.18 Å². The summed E-state index contributed by atoms with van der Waals surface area (Å²) in [6, 6.07) is 0.867. The van der Waals surface area contributed by atoms with Gasteiger partial charge in [0, 0.05) is 13.0 Å². The highest BCUT2D eigenvalue weighted by Crippen LogP contribution is 2.19. The molecule has 1 rings (SSSR count). The smallest absolute Gasteiger partial charge is 0.326 e. The van der Waals surface area contributed by atoms with E-state index < -0.39 is 30.5 Å². The maximum absolute atomic E-state index is 12.3. The third-order valence-corrected chi connectivity index (χ3v) is 2.65. The second kappa shape index (κ2) is 5.45. The average molecular weight is 228 g/mol. The number of halogens is 1. The number of alkyl halides is 1. The molecular formula is C10H13FN2O3. The summed E-state index contributed by atoms with van der Waals surface area (Å²) in [6.45, 7) is -0.506. The summed E-state index contributed by atoms with van der Waals surface area (Å²) in [5, 5.41) is 17.4. The van der Waals surface area contributed by atoms with Crippen molar-refractivity contribution in [1.82, 2.24) is 4.90 Å². The van der Waals surface area contributed by atoms with Crippen molar-refractivity contribution in [2.75, 3.05) is 13.2 Å². The number of carbonyl (C=O) groups excluding carboxylic acids is 1. The first-order valence-electron chi connectivity index (χ1n) is 5.08. The molecule has 1 heterocycles. The molecule has 5 nitrogen and oxygen atoms in total. The lowest BCUT2D eigenvalue weighted by molar-refractivity contribution is -0.148. The first-order valence-corrected chi connectivity index (χ1v) is 5.08. The number of carbonyl (C=O) groups is 2. The minimum Gasteiger partial charge on any atom is -0.480 e. The molecule has 1 aliphatic heterocycles. The second-order valence-electron chi connectivity index (χ2n) is 3.77. The molecule has 1 N–H and O–H groups in total. The van der Waals surface area contributed by atoms with Gasteiger partial charge in [-0.1, -0.05) is 0 Å². The molecule has 0 aliphatic carbocycles. The molecule has 0 spiro atoms. The van der Waals surface area contributed by atoms with Crippen LogP contribution in [-0.2, 0) is 9.59 Å². The van der Waals surface area contributed by atoms with Crippen LogP contribution >= 0.6 is 0 Å². The fourth-order valence-corrected chi connectivity index (χ4v) is 1.78. The number of aliphatic carboxylic acids is 1. The largest absolute Gasteiger partial charge is 0.480 e. The predicted molar refractivity (Wildman–Crippen MR) is 52.1 cm³/mol. The standard InChI is InChI=1S/C10H13FN2O3/c11-5-7(6-12)4-9(14)13-3-1-2-8(13)10(15)16/h7-8H,1-5H2,(H,15,16)/t7?,8-/m0/s1. The van der Waals surface area contributed by atoms with Crippen molar-refractivity contribution in [2.24, 2.45) is 5.92 Å². The molecule has 1 aliphatic rings. The second-order valence-corrected chi connectivity index (χ2v) is 3.77. The lowest BCUT2D eigenvalue weighted by Crippen LogP contribution is -2.41. The van der Waals surface area contributed by atoms with Crippen LogP contribution in [0.3, 0.4) is 0 Å². The van der Waals surface area contributed by atoms with Crippen LogP contribution in [0.15, 0.2) is 0 Å². The summed E-state index contributed by atoms with van der Waals surface area (Å²) >= 11 is 0. The van der Waals surface area contributed by atoms with E-state index in [4.69, 9.17) is 10.4 Å². The molecule has 16 heavy (non-hydrogen) atoms. The molecule has 1 unspecified atom stereocenters. The van der Waals surface area contributed by atoms with Gasteiger partial charge in [0.05, 0.1) is 12.0 Å². The molecule has 0 aromatic heterocycles. The number of nitrogens with zero attached hydrogens (tertiary/aromatic N) is 2. The zero-order valence-electron chi connectivity index (χ0n) is 8.73. The van der Waals surface area contributed by atoms with Crippen molar-refractivity contribution in [1.29, 1.82) is 5.26 Å². The quantitative estimate of drug-likeness (QED) is 0.762. The van der Waals surface area contributed by atoms with Crippen molar-refractivity contribution in [2.45, 2.75) is 25.3 Å². The van der Waals surface area contributed by atoms with Gasteiger partial charge in [0.15, 0.2) is 0 Å². The molecular weight excluding hydrogens is 215 g/mol. The average Bonchev–Trinajstić information content (AvgIpc) is 2.74. The summed E-state index contributed by atoms with van der Waals surface area (Å²) in [6.07, 6.45) is 0.820. The summed E-state index contributed by atoms with van der Waals surface area (Å²) in [7, 11) is 0. The van der Waals surface area contributed by atoms with Crippen LogP contribution < -0.4 is 0 Å². The fraction of sp³-hybridized carbons (Fsp3) is 0.700. The van der Waals surface area contributed by atoms with Gasteiger partial charge in [-0.3, -0.25) is 4.79 Å². The number of hydrogen-bond acceptors (Lipinski definition) is 3. The third kappa shape index (κ3) is 2.69. The number of amides is 1. The summed E-state index contributed by atoms with van der Waals surface area (Å²) in [5.74, 6) is -2.46. The third-order valence-electron chi connectivity index (χ3n) is 2.65. The van der Waals surface area contributed by atoms with E-state index in [1.807, 2.05) is 0 Å². The van der Waals surface area contributed by atoms with Gasteiger partial charge in [-0.15, -0.1) is 0 Å². The van der Waals surface area contributed by atoms with Gasteiger partial charge in [-0.2, -0.15) is 5.26 Å². The molecule has 1 fully saturated rings. The Hall–Kier alpha value is -1.64. The molecule has 1 amide bonds. The maximum atomic E-state index is 12.3. The number of carboxylic acid groups (broad SMARTS) is 1. The number of hydrogen-bond donors (Lipinski definition) is 1. The number of rotatable bonds is 4. The van der Waals surface area contributed by atoms with E-state index in [1.165, 1.54) is 4.90 Å². The Morgan fingerprint density at radius 3 is 2.81 bits per heavy atom. The Bertz CT molecular complexity index is 327. The zero-order chi connectivity index (χ0) is 12.1. The molecule has 0 aromatic carbocycles. The Labute approximate surface area is 92.5 Å². The minimum absolute atomic E-state index is 0.239. The maximum Gasteiger partial charge on any atom is 0.326 e. The van der Waals surface area contributed by atoms with Crippen LogP contribution in [0.4, 0.5) is 4.39 Å². The lowest BCUT2D eigenvalue weighted by Gasteiger charge is -2.21. The molecule has 1 saturated heterocycles. The van der Waals surface area contributed by atoms with E-state index in [1.54, 1.807) is 6.07 Å². The lowest BCUT2D eigenvalue weighted by atomic mass is 10.1. The highest BCUT2D eigenvalue weighted by Gasteiger charge is 2.34. The summed E-state index contributed by atoms with van der Waals surface area (Å²) in [4.78, 5) is 23.7. The van der Waals surface area contributed by atoms with Crippen LogP contribution in [0.2, 0.25) is 0 Å². The van der Waals surface area contributed by atoms with Gasteiger partial charge in [-0.05, 0) is 12.8 Å². The fourth-order valence-electron chi connectivity index (χ4n) is 1.78. The first kappa shape index (κ1) is 12.4. The molecule has 0 bridgehead atoms. The molecule has 88 valence electrons. The minimum atomic E-state index is -1.04. The predicted octanol–water partition coefficient (Wildman–Crippen LogP) is 0.561. The van der Waals surface area contributed by atoms with Crippen LogP contribution in [0, 0.1) is 17.2 Å². The summed E-state index contributed by atoms with van der Waals surface area (Å²) < 4.78 is 12.3. The van der Waals surface area contributed by atoms with Gasteiger partial charge < -0.3 is 10.0 Å². The van der Waals surface area contributed by atoms with E-state index in [9.17, 15) is 14.0 Å². The van der Waals surface area contributed by atoms with E-state index >= 15 is 0 Å². The van der Waals surface area contributed by atoms with E-state index in [-0.39, 0.29) is 6.42 Å². The number of likely N-dealkylation sites (tertiary alicyclic amines) is 1. The number of carboxylic acids is 1. The Morgan fingerprint density at radius 1 is 1.62 bits per heavy atom. The van der Waals surface area contributed by atoms with Crippen LogP contribution in [-0.4, -0.2) is 41.1 Å².